The summed E-state index contributed by atoms with van der Waals surface area (Å²) in [7, 11) is 1.30. The number of nitrogens with zero attached hydrogens (tertiary/aromatic N) is 1. The quantitative estimate of drug-likeness (QED) is 0.828. The summed E-state index contributed by atoms with van der Waals surface area (Å²) >= 11 is 5.82. The molecule has 21 heavy (non-hydrogen) atoms. The Bertz CT molecular complexity index is 637. The molecule has 1 heterocycles. The first-order valence-electron chi connectivity index (χ1n) is 6.26. The van der Waals surface area contributed by atoms with Crippen molar-refractivity contribution >= 4 is 23.5 Å². The van der Waals surface area contributed by atoms with Gasteiger partial charge in [0.1, 0.15) is 5.69 Å². The van der Waals surface area contributed by atoms with Gasteiger partial charge in [-0.1, -0.05) is 23.7 Å². The van der Waals surface area contributed by atoms with Gasteiger partial charge in [0.2, 0.25) is 0 Å². The molecular weight excluding hydrogens is 294 g/mol. The summed E-state index contributed by atoms with van der Waals surface area (Å²) in [6, 6.07) is 8.77. The van der Waals surface area contributed by atoms with Crippen LogP contribution in [0.25, 0.3) is 11.3 Å². The van der Waals surface area contributed by atoms with Gasteiger partial charge in [0, 0.05) is 17.1 Å². The molecule has 2 rings (SSSR count). The van der Waals surface area contributed by atoms with Gasteiger partial charge in [-0.2, -0.15) is 5.10 Å². The fourth-order valence-electron chi connectivity index (χ4n) is 1.68. The Morgan fingerprint density at radius 1 is 1.33 bits per heavy atom. The molecule has 0 aliphatic carbocycles. The van der Waals surface area contributed by atoms with Gasteiger partial charge in [0.05, 0.1) is 19.2 Å². The fraction of sp³-hybridized carbons (Fsp3) is 0.214. The number of ether oxygens (including phenoxy) is 1. The standard InChI is InChI=1S/C14H14ClN3O3/c1-21-13(19)6-7-16-14(20)12-8-11(17-18-12)9-2-4-10(15)5-3-9/h2-5,8H,6-7H2,1H3,(H,16,20)(H,17,18). The summed E-state index contributed by atoms with van der Waals surface area (Å²) in [5.41, 5.74) is 1.82. The van der Waals surface area contributed by atoms with E-state index in [0.29, 0.717) is 16.4 Å². The second kappa shape index (κ2) is 6.90. The molecule has 2 aromatic rings. The predicted octanol–water partition coefficient (Wildman–Crippen LogP) is 2.02. The van der Waals surface area contributed by atoms with Crippen LogP contribution in [0.15, 0.2) is 30.3 Å². The zero-order chi connectivity index (χ0) is 15.2. The molecule has 1 aromatic heterocycles. The van der Waals surface area contributed by atoms with E-state index < -0.39 is 0 Å². The Balaban J connectivity index is 1.97. The predicted molar refractivity (Wildman–Crippen MR) is 78.0 cm³/mol. The van der Waals surface area contributed by atoms with Gasteiger partial charge in [-0.25, -0.2) is 0 Å². The van der Waals surface area contributed by atoms with Crippen LogP contribution in [0.1, 0.15) is 16.9 Å². The van der Waals surface area contributed by atoms with E-state index >= 15 is 0 Å². The molecule has 0 spiro atoms. The minimum Gasteiger partial charge on any atom is -0.469 e. The molecule has 0 fully saturated rings. The highest BCUT2D eigenvalue weighted by Gasteiger charge is 2.11. The molecule has 0 unspecified atom stereocenters. The number of esters is 1. The Morgan fingerprint density at radius 3 is 2.71 bits per heavy atom. The molecule has 0 saturated carbocycles. The van der Waals surface area contributed by atoms with E-state index in [9.17, 15) is 9.59 Å². The largest absolute Gasteiger partial charge is 0.469 e. The van der Waals surface area contributed by atoms with Crippen molar-refractivity contribution in [2.75, 3.05) is 13.7 Å². The SMILES string of the molecule is COC(=O)CCNC(=O)c1cc(-c2ccc(Cl)cc2)n[nH]1. The van der Waals surface area contributed by atoms with Gasteiger partial charge in [-0.15, -0.1) is 0 Å². The molecule has 1 amide bonds. The van der Waals surface area contributed by atoms with Gasteiger partial charge in [-0.05, 0) is 18.2 Å². The molecule has 0 aliphatic heterocycles. The van der Waals surface area contributed by atoms with Crippen molar-refractivity contribution in [2.45, 2.75) is 6.42 Å². The minimum atomic E-state index is -0.373. The van der Waals surface area contributed by atoms with Crippen molar-refractivity contribution in [3.63, 3.8) is 0 Å². The number of H-pyrrole nitrogens is 1. The number of carbonyl (C=O) groups is 2. The number of amides is 1. The fourth-order valence-corrected chi connectivity index (χ4v) is 1.81. The smallest absolute Gasteiger partial charge is 0.307 e. The zero-order valence-electron chi connectivity index (χ0n) is 11.4. The lowest BCUT2D eigenvalue weighted by Gasteiger charge is -2.01. The van der Waals surface area contributed by atoms with Crippen LogP contribution in [0.2, 0.25) is 5.02 Å². The van der Waals surface area contributed by atoms with Gasteiger partial charge in [0.15, 0.2) is 0 Å². The minimum absolute atomic E-state index is 0.125. The number of carbonyl (C=O) groups excluding carboxylic acids is 2. The summed E-state index contributed by atoms with van der Waals surface area (Å²) in [6.07, 6.45) is 0.125. The van der Waals surface area contributed by atoms with E-state index in [1.807, 2.05) is 12.1 Å². The summed E-state index contributed by atoms with van der Waals surface area (Å²) in [6.45, 7) is 0.209. The van der Waals surface area contributed by atoms with E-state index in [-0.39, 0.29) is 24.8 Å². The summed E-state index contributed by atoms with van der Waals surface area (Å²) in [5, 5.41) is 9.98. The molecule has 1 aromatic carbocycles. The molecule has 0 aliphatic rings. The van der Waals surface area contributed by atoms with Crippen LogP contribution in [-0.2, 0) is 9.53 Å². The van der Waals surface area contributed by atoms with E-state index in [2.05, 4.69) is 20.3 Å². The Labute approximate surface area is 126 Å². The van der Waals surface area contributed by atoms with Crippen molar-refractivity contribution in [1.29, 1.82) is 0 Å². The van der Waals surface area contributed by atoms with Crippen molar-refractivity contribution in [2.24, 2.45) is 0 Å². The molecule has 0 atom stereocenters. The maximum atomic E-state index is 11.9. The van der Waals surface area contributed by atoms with Crippen LogP contribution in [-0.4, -0.2) is 35.7 Å². The number of hydrogen-bond acceptors (Lipinski definition) is 4. The average Bonchev–Trinajstić information content (AvgIpc) is 2.97. The molecule has 7 heteroatoms. The highest BCUT2D eigenvalue weighted by molar-refractivity contribution is 6.30. The topological polar surface area (TPSA) is 84.1 Å². The number of hydrogen-bond donors (Lipinski definition) is 2. The van der Waals surface area contributed by atoms with Gasteiger partial charge < -0.3 is 10.1 Å². The summed E-state index contributed by atoms with van der Waals surface area (Å²) < 4.78 is 4.49. The summed E-state index contributed by atoms with van der Waals surface area (Å²) in [4.78, 5) is 22.8. The third-order valence-electron chi connectivity index (χ3n) is 2.80. The molecule has 0 radical (unpaired) electrons. The zero-order valence-corrected chi connectivity index (χ0v) is 12.1. The number of benzene rings is 1. The first-order chi connectivity index (χ1) is 10.1. The number of nitrogens with one attached hydrogen (secondary N) is 2. The number of halogens is 1. The van der Waals surface area contributed by atoms with Gasteiger partial charge >= 0.3 is 5.97 Å². The molecule has 2 N–H and O–H groups in total. The Morgan fingerprint density at radius 2 is 2.05 bits per heavy atom. The van der Waals surface area contributed by atoms with Crippen molar-refractivity contribution < 1.29 is 14.3 Å². The molecule has 6 nitrogen and oxygen atoms in total. The molecule has 110 valence electrons. The van der Waals surface area contributed by atoms with Gasteiger partial charge in [0.25, 0.3) is 5.91 Å². The van der Waals surface area contributed by atoms with Crippen LogP contribution >= 0.6 is 11.6 Å². The Hall–Kier alpha value is -2.34. The van der Waals surface area contributed by atoms with Crippen molar-refractivity contribution in [3.05, 3.63) is 41.0 Å². The van der Waals surface area contributed by atoms with Crippen molar-refractivity contribution in [1.82, 2.24) is 15.5 Å². The highest BCUT2D eigenvalue weighted by atomic mass is 35.5. The van der Waals surface area contributed by atoms with E-state index in [1.165, 1.54) is 7.11 Å². The van der Waals surface area contributed by atoms with E-state index in [0.717, 1.165) is 5.56 Å². The lowest BCUT2D eigenvalue weighted by molar-refractivity contribution is -0.140. The number of methoxy groups -OCH3 is 1. The number of aromatic nitrogens is 2. The highest BCUT2D eigenvalue weighted by Crippen LogP contribution is 2.20. The van der Waals surface area contributed by atoms with E-state index in [4.69, 9.17) is 11.6 Å². The third kappa shape index (κ3) is 4.06. The van der Waals surface area contributed by atoms with Gasteiger partial charge in [-0.3, -0.25) is 14.7 Å². The van der Waals surface area contributed by atoms with Crippen molar-refractivity contribution in [3.8, 4) is 11.3 Å². The first kappa shape index (κ1) is 15.1. The normalized spacial score (nSPS) is 10.2. The van der Waals surface area contributed by atoms with Crippen LogP contribution < -0.4 is 5.32 Å². The Kier molecular flexibility index (Phi) is 4.94. The second-order valence-electron chi connectivity index (χ2n) is 4.26. The maximum Gasteiger partial charge on any atom is 0.307 e. The number of aromatic amines is 1. The van der Waals surface area contributed by atoms with E-state index in [1.54, 1.807) is 18.2 Å². The molecular formula is C14H14ClN3O3. The van der Waals surface area contributed by atoms with Crippen LogP contribution in [0.5, 0.6) is 0 Å². The monoisotopic (exact) mass is 307 g/mol. The molecule has 0 saturated heterocycles. The number of rotatable bonds is 5. The average molecular weight is 308 g/mol. The third-order valence-corrected chi connectivity index (χ3v) is 3.06. The van der Waals surface area contributed by atoms with Crippen LogP contribution in [0.4, 0.5) is 0 Å². The maximum absolute atomic E-state index is 11.9. The van der Waals surface area contributed by atoms with Crippen LogP contribution in [0.3, 0.4) is 0 Å². The van der Waals surface area contributed by atoms with Crippen LogP contribution in [0, 0.1) is 0 Å². The second-order valence-corrected chi connectivity index (χ2v) is 4.69. The lowest BCUT2D eigenvalue weighted by atomic mass is 10.1. The molecule has 0 bridgehead atoms. The lowest BCUT2D eigenvalue weighted by Crippen LogP contribution is -2.26. The first-order valence-corrected chi connectivity index (χ1v) is 6.64. The summed E-state index contributed by atoms with van der Waals surface area (Å²) in [5.74, 6) is -0.701.